The van der Waals surface area contributed by atoms with Gasteiger partial charge in [0, 0.05) is 24.7 Å². The highest BCUT2D eigenvalue weighted by molar-refractivity contribution is 5.38. The SMILES string of the molecule is COc1ccc(C)cc1C(O)CN(CC1CC1)C1CC1. The molecule has 0 bridgehead atoms. The van der Waals surface area contributed by atoms with Crippen LogP contribution in [0.3, 0.4) is 0 Å². The first-order valence-electron chi connectivity index (χ1n) is 7.74. The molecular weight excluding hydrogens is 250 g/mol. The zero-order valence-corrected chi connectivity index (χ0v) is 12.5. The number of hydrogen-bond acceptors (Lipinski definition) is 3. The number of aryl methyl sites for hydroxylation is 1. The normalized spacial score (nSPS) is 20.2. The van der Waals surface area contributed by atoms with E-state index >= 15 is 0 Å². The van der Waals surface area contributed by atoms with Gasteiger partial charge in [-0.15, -0.1) is 0 Å². The van der Waals surface area contributed by atoms with Crippen LogP contribution < -0.4 is 4.74 Å². The summed E-state index contributed by atoms with van der Waals surface area (Å²) in [7, 11) is 1.67. The molecule has 1 N–H and O–H groups in total. The Morgan fingerprint density at radius 2 is 2.05 bits per heavy atom. The van der Waals surface area contributed by atoms with E-state index in [1.165, 1.54) is 31.2 Å². The van der Waals surface area contributed by atoms with Gasteiger partial charge in [0.2, 0.25) is 0 Å². The Labute approximate surface area is 121 Å². The molecule has 1 aromatic carbocycles. The largest absolute Gasteiger partial charge is 0.496 e. The highest BCUT2D eigenvalue weighted by atomic mass is 16.5. The molecule has 1 atom stereocenters. The fourth-order valence-corrected chi connectivity index (χ4v) is 2.88. The van der Waals surface area contributed by atoms with Crippen LogP contribution in [0, 0.1) is 12.8 Å². The lowest BCUT2D eigenvalue weighted by atomic mass is 10.0. The van der Waals surface area contributed by atoms with Crippen LogP contribution in [-0.4, -0.2) is 36.2 Å². The number of aliphatic hydroxyl groups excluding tert-OH is 1. The van der Waals surface area contributed by atoms with E-state index in [1.54, 1.807) is 7.11 Å². The molecular formula is C17H25NO2. The Hall–Kier alpha value is -1.06. The van der Waals surface area contributed by atoms with Gasteiger partial charge in [0.1, 0.15) is 5.75 Å². The first-order valence-corrected chi connectivity index (χ1v) is 7.74. The highest BCUT2D eigenvalue weighted by Gasteiger charge is 2.34. The lowest BCUT2D eigenvalue weighted by Gasteiger charge is -2.26. The number of aliphatic hydroxyl groups is 1. The van der Waals surface area contributed by atoms with Gasteiger partial charge in [0.15, 0.2) is 0 Å². The number of benzene rings is 1. The predicted octanol–water partition coefficient (Wildman–Crippen LogP) is 2.91. The molecule has 2 saturated carbocycles. The molecule has 2 fully saturated rings. The third-order valence-corrected chi connectivity index (χ3v) is 4.40. The van der Waals surface area contributed by atoms with Crippen molar-refractivity contribution in [3.05, 3.63) is 29.3 Å². The zero-order chi connectivity index (χ0) is 14.1. The molecule has 1 aromatic rings. The van der Waals surface area contributed by atoms with E-state index in [2.05, 4.69) is 11.8 Å². The molecule has 0 saturated heterocycles. The molecule has 0 amide bonds. The smallest absolute Gasteiger partial charge is 0.124 e. The molecule has 20 heavy (non-hydrogen) atoms. The van der Waals surface area contributed by atoms with Crippen molar-refractivity contribution in [1.82, 2.24) is 4.90 Å². The van der Waals surface area contributed by atoms with Crippen LogP contribution in [0.15, 0.2) is 18.2 Å². The van der Waals surface area contributed by atoms with Crippen LogP contribution in [0.2, 0.25) is 0 Å². The second-order valence-electron chi connectivity index (χ2n) is 6.39. The molecule has 2 aliphatic rings. The van der Waals surface area contributed by atoms with E-state index in [4.69, 9.17) is 4.74 Å². The number of hydrogen-bond donors (Lipinski definition) is 1. The third-order valence-electron chi connectivity index (χ3n) is 4.40. The second kappa shape index (κ2) is 5.74. The summed E-state index contributed by atoms with van der Waals surface area (Å²) in [4.78, 5) is 2.49. The molecule has 0 spiro atoms. The van der Waals surface area contributed by atoms with Crippen molar-refractivity contribution in [1.29, 1.82) is 0 Å². The molecule has 0 aliphatic heterocycles. The maximum absolute atomic E-state index is 10.6. The minimum absolute atomic E-state index is 0.454. The first kappa shape index (κ1) is 13.9. The zero-order valence-electron chi connectivity index (χ0n) is 12.5. The van der Waals surface area contributed by atoms with Gasteiger partial charge in [-0.05, 0) is 50.7 Å². The van der Waals surface area contributed by atoms with Crippen molar-refractivity contribution >= 4 is 0 Å². The van der Waals surface area contributed by atoms with Crippen molar-refractivity contribution in [3.8, 4) is 5.75 Å². The lowest BCUT2D eigenvalue weighted by Crippen LogP contribution is -2.32. The Kier molecular flexibility index (Phi) is 3.99. The first-order chi connectivity index (χ1) is 9.67. The summed E-state index contributed by atoms with van der Waals surface area (Å²) >= 11 is 0. The van der Waals surface area contributed by atoms with Crippen molar-refractivity contribution in [2.45, 2.75) is 44.8 Å². The van der Waals surface area contributed by atoms with Crippen LogP contribution in [0.25, 0.3) is 0 Å². The van der Waals surface area contributed by atoms with E-state index in [0.29, 0.717) is 6.04 Å². The van der Waals surface area contributed by atoms with Gasteiger partial charge >= 0.3 is 0 Å². The maximum atomic E-state index is 10.6. The van der Waals surface area contributed by atoms with E-state index < -0.39 is 6.10 Å². The molecule has 110 valence electrons. The topological polar surface area (TPSA) is 32.7 Å². The summed E-state index contributed by atoms with van der Waals surface area (Å²) in [6.45, 7) is 3.95. The molecule has 2 aliphatic carbocycles. The Balaban J connectivity index is 1.70. The van der Waals surface area contributed by atoms with Crippen molar-refractivity contribution in [2.75, 3.05) is 20.2 Å². The van der Waals surface area contributed by atoms with Crippen LogP contribution in [-0.2, 0) is 0 Å². The Bertz CT molecular complexity index is 466. The summed E-state index contributed by atoms with van der Waals surface area (Å²) in [5.41, 5.74) is 2.09. The average molecular weight is 275 g/mol. The average Bonchev–Trinajstić information content (AvgIpc) is 3.30. The van der Waals surface area contributed by atoms with E-state index in [1.807, 2.05) is 18.2 Å². The monoisotopic (exact) mass is 275 g/mol. The molecule has 0 heterocycles. The number of ether oxygens (including phenoxy) is 1. The molecule has 0 aromatic heterocycles. The van der Waals surface area contributed by atoms with Gasteiger partial charge in [-0.3, -0.25) is 4.90 Å². The fraction of sp³-hybridized carbons (Fsp3) is 0.647. The predicted molar refractivity (Wildman–Crippen MR) is 80.0 cm³/mol. The summed E-state index contributed by atoms with van der Waals surface area (Å²) in [6.07, 6.45) is 4.87. The van der Waals surface area contributed by atoms with Gasteiger partial charge in [0.05, 0.1) is 13.2 Å². The summed E-state index contributed by atoms with van der Waals surface area (Å²) in [6, 6.07) is 6.74. The van der Waals surface area contributed by atoms with Crippen LogP contribution in [0.1, 0.15) is 42.9 Å². The maximum Gasteiger partial charge on any atom is 0.124 e. The minimum Gasteiger partial charge on any atom is -0.496 e. The van der Waals surface area contributed by atoms with Gasteiger partial charge in [-0.25, -0.2) is 0 Å². The van der Waals surface area contributed by atoms with Crippen molar-refractivity contribution in [2.24, 2.45) is 5.92 Å². The Morgan fingerprint density at radius 1 is 1.30 bits per heavy atom. The van der Waals surface area contributed by atoms with Crippen molar-refractivity contribution in [3.63, 3.8) is 0 Å². The molecule has 3 nitrogen and oxygen atoms in total. The lowest BCUT2D eigenvalue weighted by molar-refractivity contribution is 0.103. The van der Waals surface area contributed by atoms with Gasteiger partial charge < -0.3 is 9.84 Å². The minimum atomic E-state index is -0.454. The summed E-state index contributed by atoms with van der Waals surface area (Å²) < 4.78 is 5.39. The number of nitrogens with zero attached hydrogens (tertiary/aromatic N) is 1. The molecule has 1 unspecified atom stereocenters. The quantitative estimate of drug-likeness (QED) is 0.830. The van der Waals surface area contributed by atoms with Crippen LogP contribution in [0.5, 0.6) is 5.75 Å². The van der Waals surface area contributed by atoms with Gasteiger partial charge in [-0.1, -0.05) is 11.6 Å². The molecule has 0 radical (unpaired) electrons. The third kappa shape index (κ3) is 3.33. The van der Waals surface area contributed by atoms with Crippen LogP contribution >= 0.6 is 0 Å². The van der Waals surface area contributed by atoms with E-state index in [9.17, 15) is 5.11 Å². The van der Waals surface area contributed by atoms with Crippen LogP contribution in [0.4, 0.5) is 0 Å². The Morgan fingerprint density at radius 3 is 2.65 bits per heavy atom. The van der Waals surface area contributed by atoms with Gasteiger partial charge in [-0.2, -0.15) is 0 Å². The van der Waals surface area contributed by atoms with E-state index in [-0.39, 0.29) is 0 Å². The van der Waals surface area contributed by atoms with Gasteiger partial charge in [0.25, 0.3) is 0 Å². The van der Waals surface area contributed by atoms with E-state index in [0.717, 1.165) is 30.3 Å². The summed E-state index contributed by atoms with van der Waals surface area (Å²) in [5.74, 6) is 1.67. The molecule has 3 heteroatoms. The number of rotatable bonds is 7. The summed E-state index contributed by atoms with van der Waals surface area (Å²) in [5, 5.41) is 10.6. The standard InChI is InChI=1S/C17H25NO2/c1-12-3-8-17(20-2)15(9-12)16(19)11-18(14-6-7-14)10-13-4-5-13/h3,8-9,13-14,16,19H,4-7,10-11H2,1-2H3. The van der Waals surface area contributed by atoms with Crippen molar-refractivity contribution < 1.29 is 9.84 Å². The second-order valence-corrected chi connectivity index (χ2v) is 6.39. The number of methoxy groups -OCH3 is 1. The fourth-order valence-electron chi connectivity index (χ4n) is 2.88. The highest BCUT2D eigenvalue weighted by Crippen LogP contribution is 2.36. The molecule has 3 rings (SSSR count).